The third-order valence-electron chi connectivity index (χ3n) is 4.94. The van der Waals surface area contributed by atoms with E-state index >= 15 is 0 Å². The lowest BCUT2D eigenvalue weighted by Gasteiger charge is -2.26. The lowest BCUT2D eigenvalue weighted by molar-refractivity contribution is -0.127. The number of carbonyl (C=O) groups excluding carboxylic acids is 1. The van der Waals surface area contributed by atoms with E-state index < -0.39 is 9.84 Å². The number of ether oxygens (including phenoxy) is 1. The zero-order valence-corrected chi connectivity index (χ0v) is 17.5. The molecule has 6 heteroatoms. The Kier molecular flexibility index (Phi) is 7.09. The predicted octanol–water partition coefficient (Wildman–Crippen LogP) is 3.70. The topological polar surface area (TPSA) is 63.7 Å². The van der Waals surface area contributed by atoms with E-state index in [1.165, 1.54) is 6.08 Å². The second kappa shape index (κ2) is 9.74. The molecule has 0 bridgehead atoms. The minimum Gasteiger partial charge on any atom is -0.489 e. The summed E-state index contributed by atoms with van der Waals surface area (Å²) in [4.78, 5) is 14.3. The number of nitrogens with zero attached hydrogens (tertiary/aromatic N) is 1. The highest BCUT2D eigenvalue weighted by atomic mass is 32.2. The van der Waals surface area contributed by atoms with Crippen molar-refractivity contribution in [2.45, 2.75) is 32.4 Å². The van der Waals surface area contributed by atoms with Gasteiger partial charge in [0.25, 0.3) is 0 Å². The molecule has 154 valence electrons. The number of hydrogen-bond donors (Lipinski definition) is 0. The van der Waals surface area contributed by atoms with Gasteiger partial charge >= 0.3 is 0 Å². The van der Waals surface area contributed by atoms with Gasteiger partial charge in [-0.15, -0.1) is 0 Å². The fourth-order valence-electron chi connectivity index (χ4n) is 3.41. The summed E-state index contributed by atoms with van der Waals surface area (Å²) in [6.45, 7) is 3.06. The third-order valence-corrected chi connectivity index (χ3v) is 6.69. The van der Waals surface area contributed by atoms with Gasteiger partial charge in [-0.2, -0.15) is 0 Å². The molecule has 0 radical (unpaired) electrons. The molecule has 2 aromatic rings. The quantitative estimate of drug-likeness (QED) is 0.619. The smallest absolute Gasteiger partial charge is 0.246 e. The molecule has 0 aromatic heterocycles. The van der Waals surface area contributed by atoms with Gasteiger partial charge in [-0.3, -0.25) is 4.79 Å². The molecule has 1 unspecified atom stereocenters. The van der Waals surface area contributed by atoms with Gasteiger partial charge < -0.3 is 9.64 Å². The van der Waals surface area contributed by atoms with E-state index in [1.54, 1.807) is 11.0 Å². The van der Waals surface area contributed by atoms with E-state index in [0.717, 1.165) is 23.3 Å². The van der Waals surface area contributed by atoms with Crippen LogP contribution in [0.15, 0.2) is 60.7 Å². The molecule has 1 aliphatic heterocycles. The van der Waals surface area contributed by atoms with Crippen molar-refractivity contribution in [2.75, 3.05) is 18.1 Å². The van der Waals surface area contributed by atoms with Crippen LogP contribution in [0.4, 0.5) is 0 Å². The van der Waals surface area contributed by atoms with Crippen LogP contribution in [0.2, 0.25) is 0 Å². The van der Waals surface area contributed by atoms with Gasteiger partial charge in [-0.05, 0) is 42.2 Å². The molecule has 1 atom stereocenters. The van der Waals surface area contributed by atoms with Crippen LogP contribution in [0, 0.1) is 0 Å². The van der Waals surface area contributed by atoms with Crippen molar-refractivity contribution in [3.8, 4) is 5.75 Å². The maximum Gasteiger partial charge on any atom is 0.246 e. The summed E-state index contributed by atoms with van der Waals surface area (Å²) in [5, 5.41) is 0. The first-order valence-electron chi connectivity index (χ1n) is 9.93. The number of amides is 1. The Hall–Kier alpha value is -2.60. The van der Waals surface area contributed by atoms with Gasteiger partial charge in [0, 0.05) is 18.7 Å². The number of hydrogen-bond acceptors (Lipinski definition) is 4. The van der Waals surface area contributed by atoms with E-state index in [9.17, 15) is 13.2 Å². The summed E-state index contributed by atoms with van der Waals surface area (Å²) < 4.78 is 29.3. The van der Waals surface area contributed by atoms with Crippen LogP contribution in [0.3, 0.4) is 0 Å². The molecule has 0 saturated carbocycles. The van der Waals surface area contributed by atoms with E-state index in [-0.39, 0.29) is 23.5 Å². The summed E-state index contributed by atoms with van der Waals surface area (Å²) in [6.07, 6.45) is 4.61. The highest BCUT2D eigenvalue weighted by Gasteiger charge is 2.33. The summed E-state index contributed by atoms with van der Waals surface area (Å²) in [5.41, 5.74) is 1.99. The number of benzene rings is 2. The van der Waals surface area contributed by atoms with Crippen molar-refractivity contribution in [1.82, 2.24) is 4.90 Å². The number of carbonyl (C=O) groups is 1. The summed E-state index contributed by atoms with van der Waals surface area (Å²) in [5.74, 6) is 0.860. The van der Waals surface area contributed by atoms with Crippen LogP contribution in [0.1, 0.15) is 30.9 Å². The van der Waals surface area contributed by atoms with E-state index in [0.29, 0.717) is 19.6 Å². The van der Waals surface area contributed by atoms with Crippen molar-refractivity contribution in [2.24, 2.45) is 0 Å². The van der Waals surface area contributed by atoms with E-state index in [2.05, 4.69) is 0 Å². The van der Waals surface area contributed by atoms with E-state index in [1.807, 2.05) is 61.5 Å². The van der Waals surface area contributed by atoms with Crippen LogP contribution in [0.5, 0.6) is 5.75 Å². The SMILES string of the molecule is CCCN(C(=O)/C=C/c1ccc(OCc2ccccc2)cc1)C1CCS(=O)(=O)C1. The second-order valence-electron chi connectivity index (χ2n) is 7.27. The van der Waals surface area contributed by atoms with Gasteiger partial charge in [-0.25, -0.2) is 8.42 Å². The Morgan fingerprint density at radius 1 is 1.14 bits per heavy atom. The zero-order chi connectivity index (χ0) is 20.7. The third kappa shape index (κ3) is 6.19. The average Bonchev–Trinajstić information content (AvgIpc) is 3.09. The van der Waals surface area contributed by atoms with Crippen molar-refractivity contribution in [1.29, 1.82) is 0 Å². The Morgan fingerprint density at radius 3 is 2.48 bits per heavy atom. The molecule has 3 rings (SSSR count). The largest absolute Gasteiger partial charge is 0.489 e. The van der Waals surface area contributed by atoms with Crippen molar-refractivity contribution >= 4 is 21.8 Å². The molecule has 0 spiro atoms. The normalized spacial score (nSPS) is 18.0. The van der Waals surface area contributed by atoms with Gasteiger partial charge in [-0.1, -0.05) is 49.4 Å². The number of sulfone groups is 1. The summed E-state index contributed by atoms with van der Waals surface area (Å²) in [7, 11) is -3.02. The molecule has 1 amide bonds. The molecule has 1 aliphatic rings. The van der Waals surface area contributed by atoms with Gasteiger partial charge in [0.2, 0.25) is 5.91 Å². The van der Waals surface area contributed by atoms with Crippen molar-refractivity contribution in [3.05, 3.63) is 71.8 Å². The summed E-state index contributed by atoms with van der Waals surface area (Å²) >= 11 is 0. The van der Waals surface area contributed by atoms with Crippen LogP contribution >= 0.6 is 0 Å². The molecule has 5 nitrogen and oxygen atoms in total. The highest BCUT2D eigenvalue weighted by Crippen LogP contribution is 2.19. The van der Waals surface area contributed by atoms with Crippen molar-refractivity contribution in [3.63, 3.8) is 0 Å². The monoisotopic (exact) mass is 413 g/mol. The maximum atomic E-state index is 12.7. The maximum absolute atomic E-state index is 12.7. The van der Waals surface area contributed by atoms with Gasteiger partial charge in [0.05, 0.1) is 11.5 Å². The standard InChI is InChI=1S/C23H27NO4S/c1-2-15-24(21-14-16-29(26,27)18-21)23(25)13-10-19-8-11-22(12-9-19)28-17-20-6-4-3-5-7-20/h3-13,21H,2,14-18H2,1H3/b13-10+. The average molecular weight is 414 g/mol. The summed E-state index contributed by atoms with van der Waals surface area (Å²) in [6, 6.07) is 17.3. The molecule has 1 heterocycles. The molecule has 2 aromatic carbocycles. The van der Waals surface area contributed by atoms with Crippen LogP contribution in [0.25, 0.3) is 6.08 Å². The highest BCUT2D eigenvalue weighted by molar-refractivity contribution is 7.91. The van der Waals surface area contributed by atoms with Crippen LogP contribution in [-0.4, -0.2) is 43.3 Å². The Balaban J connectivity index is 1.58. The minimum atomic E-state index is -3.02. The predicted molar refractivity (Wildman–Crippen MR) is 115 cm³/mol. The lowest BCUT2D eigenvalue weighted by atomic mass is 10.1. The first-order valence-corrected chi connectivity index (χ1v) is 11.7. The lowest BCUT2D eigenvalue weighted by Crippen LogP contribution is -2.40. The fourth-order valence-corrected chi connectivity index (χ4v) is 5.14. The Bertz CT molecular complexity index is 937. The first-order chi connectivity index (χ1) is 14.0. The molecule has 0 N–H and O–H groups in total. The molecular weight excluding hydrogens is 386 g/mol. The molecule has 1 fully saturated rings. The second-order valence-corrected chi connectivity index (χ2v) is 9.49. The van der Waals surface area contributed by atoms with Crippen LogP contribution < -0.4 is 4.74 Å². The fraction of sp³-hybridized carbons (Fsp3) is 0.348. The molecular formula is C23H27NO4S. The first kappa shape index (κ1) is 21.1. The zero-order valence-electron chi connectivity index (χ0n) is 16.7. The molecule has 0 aliphatic carbocycles. The minimum absolute atomic E-state index is 0.0695. The molecule has 29 heavy (non-hydrogen) atoms. The number of rotatable bonds is 8. The van der Waals surface area contributed by atoms with Gasteiger partial charge in [0.1, 0.15) is 12.4 Å². The van der Waals surface area contributed by atoms with Crippen molar-refractivity contribution < 1.29 is 17.9 Å². The Labute approximate surface area is 172 Å². The van der Waals surface area contributed by atoms with Gasteiger partial charge in [0.15, 0.2) is 9.84 Å². The Morgan fingerprint density at radius 2 is 1.86 bits per heavy atom. The molecule has 1 saturated heterocycles. The van der Waals surface area contributed by atoms with E-state index in [4.69, 9.17) is 4.74 Å². The van der Waals surface area contributed by atoms with Crippen LogP contribution in [-0.2, 0) is 21.2 Å².